The van der Waals surface area contributed by atoms with Gasteiger partial charge in [0.25, 0.3) is 0 Å². The summed E-state index contributed by atoms with van der Waals surface area (Å²) in [6, 6.07) is 9.11. The van der Waals surface area contributed by atoms with Crippen molar-refractivity contribution >= 4 is 20.3 Å². The Hall–Kier alpha value is -0.805. The molecular weight excluding hydrogens is 354 g/mol. The van der Waals surface area contributed by atoms with Gasteiger partial charge in [0, 0.05) is 17.4 Å². The van der Waals surface area contributed by atoms with Gasteiger partial charge >= 0.3 is 7.57 Å². The number of benzene rings is 1. The van der Waals surface area contributed by atoms with Gasteiger partial charge in [-0.1, -0.05) is 49.3 Å². The van der Waals surface area contributed by atoms with E-state index < -0.39 is 7.14 Å². The molecule has 2 heteroatoms. The predicted octanol–water partition coefficient (Wildman–Crippen LogP) is 7.68. The zero-order chi connectivity index (χ0) is 19.1. The number of fused-ring (bicyclic) bond motifs is 2. The van der Waals surface area contributed by atoms with Crippen LogP contribution in [0.5, 0.6) is 0 Å². The summed E-state index contributed by atoms with van der Waals surface area (Å²) in [6.45, 7) is 2.30. The van der Waals surface area contributed by atoms with Crippen LogP contribution in [0, 0.1) is 18.8 Å². The predicted molar refractivity (Wildman–Crippen MR) is 125 cm³/mol. The normalized spacial score (nSPS) is 29.0. The van der Waals surface area contributed by atoms with Crippen LogP contribution in [0.25, 0.3) is 5.57 Å². The van der Waals surface area contributed by atoms with Gasteiger partial charge in [0.05, 0.1) is 16.6 Å². The van der Waals surface area contributed by atoms with E-state index in [1.807, 2.05) is 0 Å². The van der Waals surface area contributed by atoms with Crippen LogP contribution in [0.2, 0.25) is 0 Å². The molecule has 4 aliphatic rings. The Morgan fingerprint density at radius 1 is 0.786 bits per heavy atom. The van der Waals surface area contributed by atoms with Crippen molar-refractivity contribution in [3.63, 3.8) is 0 Å². The van der Waals surface area contributed by atoms with Gasteiger partial charge < -0.3 is 0 Å². The van der Waals surface area contributed by atoms with E-state index in [1.165, 1.54) is 81.8 Å². The minimum atomic E-state index is -1.62. The van der Waals surface area contributed by atoms with E-state index in [1.54, 1.807) is 10.9 Å². The zero-order valence-electron chi connectivity index (χ0n) is 17.6. The van der Waals surface area contributed by atoms with Gasteiger partial charge in [0.1, 0.15) is 0 Å². The SMILES string of the molecule is [B][P+](C1=C(c2ccccc2C)C2C=CC1C2)(C1CCCCC1)C1CCCCC1. The summed E-state index contributed by atoms with van der Waals surface area (Å²) in [5.74, 6) is 1.26. The summed E-state index contributed by atoms with van der Waals surface area (Å²) in [7, 11) is 6.21. The molecule has 0 nitrogen and oxygen atoms in total. The van der Waals surface area contributed by atoms with Crippen LogP contribution in [0.4, 0.5) is 0 Å². The molecule has 146 valence electrons. The highest BCUT2D eigenvalue weighted by atomic mass is 31.2. The van der Waals surface area contributed by atoms with Crippen LogP contribution in [0.3, 0.4) is 0 Å². The van der Waals surface area contributed by atoms with Crippen LogP contribution in [-0.2, 0) is 0 Å². The maximum absolute atomic E-state index is 7.84. The Bertz CT molecular complexity index is 761. The molecule has 28 heavy (non-hydrogen) atoms. The monoisotopic (exact) mass is 389 g/mol. The van der Waals surface area contributed by atoms with Crippen LogP contribution in [0.1, 0.15) is 81.8 Å². The van der Waals surface area contributed by atoms with Crippen LogP contribution >= 0.6 is 7.14 Å². The van der Waals surface area contributed by atoms with Crippen molar-refractivity contribution in [3.05, 3.63) is 52.9 Å². The Morgan fingerprint density at radius 2 is 1.36 bits per heavy atom. The van der Waals surface area contributed by atoms with Gasteiger partial charge in [-0.05, 0) is 83.0 Å². The quantitative estimate of drug-likeness (QED) is 0.281. The molecule has 2 radical (unpaired) electrons. The molecule has 4 aliphatic carbocycles. The van der Waals surface area contributed by atoms with Crippen molar-refractivity contribution in [3.8, 4) is 0 Å². The van der Waals surface area contributed by atoms with E-state index in [2.05, 4.69) is 43.3 Å². The van der Waals surface area contributed by atoms with E-state index in [9.17, 15) is 0 Å². The molecule has 0 aliphatic heterocycles. The molecule has 0 spiro atoms. The fraction of sp³-hybridized carbons (Fsp3) is 0.615. The van der Waals surface area contributed by atoms with Gasteiger partial charge in [-0.3, -0.25) is 0 Å². The lowest BCUT2D eigenvalue weighted by Gasteiger charge is -2.44. The smallest absolute Gasteiger partial charge is 0.0801 e. The fourth-order valence-corrected chi connectivity index (χ4v) is 12.2. The second-order valence-corrected chi connectivity index (χ2v) is 13.5. The van der Waals surface area contributed by atoms with Crippen molar-refractivity contribution < 1.29 is 0 Å². The second kappa shape index (κ2) is 7.79. The lowest BCUT2D eigenvalue weighted by molar-refractivity contribution is 0.483. The molecule has 1 aromatic rings. The lowest BCUT2D eigenvalue weighted by atomic mass is 9.92. The minimum absolute atomic E-state index is 0.621. The van der Waals surface area contributed by atoms with Gasteiger partial charge in [0.2, 0.25) is 0 Å². The highest BCUT2D eigenvalue weighted by Gasteiger charge is 2.57. The topological polar surface area (TPSA) is 0 Å². The molecule has 2 fully saturated rings. The Labute approximate surface area is 174 Å². The molecule has 2 bridgehead atoms. The summed E-state index contributed by atoms with van der Waals surface area (Å²) < 4.78 is 0. The number of allylic oxidation sites excluding steroid dienone is 4. The third-order valence-electron chi connectivity index (χ3n) is 8.29. The summed E-state index contributed by atoms with van der Waals surface area (Å²) in [6.07, 6.45) is 20.4. The van der Waals surface area contributed by atoms with Gasteiger partial charge in [0.15, 0.2) is 0 Å². The van der Waals surface area contributed by atoms with E-state index in [-0.39, 0.29) is 0 Å². The lowest BCUT2D eigenvalue weighted by Crippen LogP contribution is -2.30. The third kappa shape index (κ3) is 3.08. The van der Waals surface area contributed by atoms with Gasteiger partial charge in [-0.15, -0.1) is 0 Å². The summed E-state index contributed by atoms with van der Waals surface area (Å²) >= 11 is 0. The number of hydrogen-bond donors (Lipinski definition) is 0. The number of hydrogen-bond acceptors (Lipinski definition) is 0. The van der Waals surface area contributed by atoms with E-state index in [0.717, 1.165) is 11.3 Å². The fourth-order valence-electron chi connectivity index (χ4n) is 6.92. The molecule has 0 heterocycles. The first-order chi connectivity index (χ1) is 13.7. The molecule has 2 unspecified atom stereocenters. The number of rotatable bonds is 4. The summed E-state index contributed by atoms with van der Waals surface area (Å²) in [5, 5.41) is 1.79. The maximum atomic E-state index is 7.84. The molecule has 2 saturated carbocycles. The van der Waals surface area contributed by atoms with Crippen LogP contribution < -0.4 is 0 Å². The van der Waals surface area contributed by atoms with E-state index in [4.69, 9.17) is 7.57 Å². The minimum Gasteiger partial charge on any atom is -0.0801 e. The van der Waals surface area contributed by atoms with Crippen molar-refractivity contribution in [2.45, 2.75) is 88.9 Å². The molecular formula is C26H35BP+. The van der Waals surface area contributed by atoms with Crippen molar-refractivity contribution in [2.75, 3.05) is 0 Å². The third-order valence-corrected chi connectivity index (χ3v) is 13.1. The molecule has 0 aromatic heterocycles. The zero-order valence-corrected chi connectivity index (χ0v) is 18.5. The number of aryl methyl sites for hydroxylation is 1. The van der Waals surface area contributed by atoms with Gasteiger partial charge in [-0.2, -0.15) is 0 Å². The Morgan fingerprint density at radius 3 is 1.96 bits per heavy atom. The molecule has 0 N–H and O–H groups in total. The average molecular weight is 389 g/mol. The standard InChI is InChI=1S/C26H35BP/c1-19-10-8-9-15-24(19)25-20-16-17-21(18-20)26(25)28(27,22-11-4-2-5-12-22)23-13-6-3-7-14-23/h8-10,15-17,20-23H,2-7,11-14,18H2,1H3/q+1. The van der Waals surface area contributed by atoms with Crippen LogP contribution in [0.15, 0.2) is 41.7 Å². The first kappa shape index (κ1) is 19.2. The Kier molecular flexibility index (Phi) is 5.34. The van der Waals surface area contributed by atoms with Crippen molar-refractivity contribution in [1.29, 1.82) is 0 Å². The van der Waals surface area contributed by atoms with E-state index in [0.29, 0.717) is 11.8 Å². The summed E-state index contributed by atoms with van der Waals surface area (Å²) in [5.41, 5.74) is 6.22. The second-order valence-electron chi connectivity index (χ2n) is 9.87. The van der Waals surface area contributed by atoms with E-state index >= 15 is 0 Å². The highest BCUT2D eigenvalue weighted by Crippen LogP contribution is 2.79. The molecule has 2 atom stereocenters. The maximum Gasteiger partial charge on any atom is 0.371 e. The van der Waals surface area contributed by atoms with Crippen molar-refractivity contribution in [2.24, 2.45) is 11.8 Å². The molecule has 1 aromatic carbocycles. The first-order valence-electron chi connectivity index (χ1n) is 11.9. The Balaban J connectivity index is 1.66. The average Bonchev–Trinajstić information content (AvgIpc) is 3.37. The summed E-state index contributed by atoms with van der Waals surface area (Å²) in [4.78, 5) is 0. The molecule has 0 saturated heterocycles. The largest absolute Gasteiger partial charge is 0.371 e. The molecule has 5 rings (SSSR count). The first-order valence-corrected chi connectivity index (χ1v) is 13.8. The highest BCUT2D eigenvalue weighted by molar-refractivity contribution is 8.01. The molecule has 0 amide bonds. The van der Waals surface area contributed by atoms with Gasteiger partial charge in [-0.25, -0.2) is 0 Å². The van der Waals surface area contributed by atoms with Crippen LogP contribution in [-0.4, -0.2) is 18.9 Å². The van der Waals surface area contributed by atoms with Crippen molar-refractivity contribution in [1.82, 2.24) is 0 Å².